The normalized spacial score (nSPS) is 9.38. The van der Waals surface area contributed by atoms with Crippen LogP contribution in [0.3, 0.4) is 0 Å². The summed E-state index contributed by atoms with van der Waals surface area (Å²) in [4.78, 5) is 9.32. The van der Waals surface area contributed by atoms with E-state index in [1.165, 1.54) is 0 Å². The number of ether oxygens (including phenoxy) is 1. The van der Waals surface area contributed by atoms with E-state index in [4.69, 9.17) is 0 Å². The van der Waals surface area contributed by atoms with Crippen molar-refractivity contribution in [2.45, 2.75) is 12.8 Å². The summed E-state index contributed by atoms with van der Waals surface area (Å²) in [6.07, 6.45) is -2.76. The molecule has 48 valence electrons. The molecule has 0 aromatic heterocycles. The second-order valence-corrected chi connectivity index (χ2v) is 1.15. The molecule has 0 aromatic rings. The minimum atomic E-state index is -2.38. The van der Waals surface area contributed by atoms with Crippen LogP contribution in [-0.2, 0) is 9.53 Å². The highest BCUT2D eigenvalue weighted by Gasteiger charge is 1.99. The van der Waals surface area contributed by atoms with Crippen LogP contribution < -0.4 is 0 Å². The van der Waals surface area contributed by atoms with E-state index in [2.05, 4.69) is 4.74 Å². The highest BCUT2D eigenvalue weighted by molar-refractivity contribution is 5.36. The van der Waals surface area contributed by atoms with Crippen molar-refractivity contribution < 1.29 is 18.3 Å². The fraction of sp³-hybridized carbons (Fsp3) is 0.750. The molecule has 0 saturated carbocycles. The van der Waals surface area contributed by atoms with E-state index >= 15 is 0 Å². The summed E-state index contributed by atoms with van der Waals surface area (Å²) in [5, 5.41) is 0. The summed E-state index contributed by atoms with van der Waals surface area (Å²) in [5.74, 6) is 0. The van der Waals surface area contributed by atoms with E-state index in [-0.39, 0.29) is 19.5 Å². The molecule has 0 spiro atoms. The smallest absolute Gasteiger partial charge is 0.293 e. The van der Waals surface area contributed by atoms with E-state index in [0.717, 1.165) is 0 Å². The Morgan fingerprint density at radius 3 is 2.62 bits per heavy atom. The molecule has 0 unspecified atom stereocenters. The number of hydrogen-bond acceptors (Lipinski definition) is 2. The van der Waals surface area contributed by atoms with Gasteiger partial charge in [0.15, 0.2) is 0 Å². The summed E-state index contributed by atoms with van der Waals surface area (Å²) in [5.41, 5.74) is 0. The Kier molecular flexibility index (Phi) is 4.11. The average molecular weight is 124 g/mol. The standard InChI is InChI=1S/C4H6F2O2/c5-4(6)1-2-8-3-7/h3-4H,1-2H2. The summed E-state index contributed by atoms with van der Waals surface area (Å²) < 4.78 is 26.3. The quantitative estimate of drug-likeness (QED) is 0.409. The maximum absolute atomic E-state index is 11.2. The Morgan fingerprint density at radius 2 is 2.25 bits per heavy atom. The monoisotopic (exact) mass is 124 g/mol. The molecule has 0 aliphatic carbocycles. The van der Waals surface area contributed by atoms with Gasteiger partial charge in [0, 0.05) is 6.42 Å². The van der Waals surface area contributed by atoms with Crippen LogP contribution in [-0.4, -0.2) is 19.5 Å². The Labute approximate surface area is 45.4 Å². The predicted molar refractivity (Wildman–Crippen MR) is 22.6 cm³/mol. The van der Waals surface area contributed by atoms with Crippen molar-refractivity contribution in [1.29, 1.82) is 0 Å². The van der Waals surface area contributed by atoms with Crippen molar-refractivity contribution in [3.8, 4) is 0 Å². The lowest BCUT2D eigenvalue weighted by Crippen LogP contribution is -1.98. The fourth-order valence-electron chi connectivity index (χ4n) is 0.205. The molecule has 0 aliphatic heterocycles. The lowest BCUT2D eigenvalue weighted by atomic mass is 10.5. The van der Waals surface area contributed by atoms with Gasteiger partial charge in [-0.3, -0.25) is 4.79 Å². The first-order valence-electron chi connectivity index (χ1n) is 2.10. The minimum absolute atomic E-state index is 0.155. The Hall–Kier alpha value is -0.670. The first-order chi connectivity index (χ1) is 3.77. The zero-order valence-corrected chi connectivity index (χ0v) is 4.14. The van der Waals surface area contributed by atoms with Gasteiger partial charge in [0.25, 0.3) is 6.47 Å². The lowest BCUT2D eigenvalue weighted by Gasteiger charge is -1.94. The topological polar surface area (TPSA) is 26.3 Å². The first-order valence-corrected chi connectivity index (χ1v) is 2.10. The largest absolute Gasteiger partial charge is 0.468 e. The molecule has 0 heterocycles. The summed E-state index contributed by atoms with van der Waals surface area (Å²) in [6, 6.07) is 0. The second-order valence-electron chi connectivity index (χ2n) is 1.15. The molecule has 0 rings (SSSR count). The van der Waals surface area contributed by atoms with E-state index in [9.17, 15) is 13.6 Å². The van der Waals surface area contributed by atoms with Crippen molar-refractivity contribution in [2.75, 3.05) is 6.61 Å². The zero-order chi connectivity index (χ0) is 6.41. The molecule has 0 aliphatic rings. The molecule has 0 radical (unpaired) electrons. The number of halogens is 2. The van der Waals surface area contributed by atoms with Crippen LogP contribution in [0.2, 0.25) is 0 Å². The summed E-state index contributed by atoms with van der Waals surface area (Å²) >= 11 is 0. The van der Waals surface area contributed by atoms with Crippen LogP contribution in [0.4, 0.5) is 8.78 Å². The van der Waals surface area contributed by atoms with Gasteiger partial charge in [-0.25, -0.2) is 8.78 Å². The maximum atomic E-state index is 11.2. The zero-order valence-electron chi connectivity index (χ0n) is 4.14. The van der Waals surface area contributed by atoms with Gasteiger partial charge >= 0.3 is 0 Å². The van der Waals surface area contributed by atoms with Gasteiger partial charge in [-0.1, -0.05) is 0 Å². The lowest BCUT2D eigenvalue weighted by molar-refractivity contribution is -0.129. The summed E-state index contributed by atoms with van der Waals surface area (Å²) in [6.45, 7) is -0.0381. The van der Waals surface area contributed by atoms with Crippen LogP contribution in [0.15, 0.2) is 0 Å². The third kappa shape index (κ3) is 5.33. The van der Waals surface area contributed by atoms with Crippen LogP contribution in [0.1, 0.15) is 6.42 Å². The van der Waals surface area contributed by atoms with Gasteiger partial charge in [0.1, 0.15) is 0 Å². The third-order valence-corrected chi connectivity index (χ3v) is 0.522. The van der Waals surface area contributed by atoms with Crippen molar-refractivity contribution in [3.05, 3.63) is 0 Å². The molecule has 0 bridgehead atoms. The van der Waals surface area contributed by atoms with Crippen molar-refractivity contribution in [1.82, 2.24) is 0 Å². The molecule has 8 heavy (non-hydrogen) atoms. The maximum Gasteiger partial charge on any atom is 0.293 e. The number of rotatable bonds is 4. The highest BCUT2D eigenvalue weighted by Crippen LogP contribution is 1.96. The van der Waals surface area contributed by atoms with Gasteiger partial charge in [0.05, 0.1) is 6.61 Å². The Bertz CT molecular complexity index is 65.1. The van der Waals surface area contributed by atoms with E-state index in [1.807, 2.05) is 0 Å². The molecule has 0 amide bonds. The van der Waals surface area contributed by atoms with Crippen molar-refractivity contribution >= 4 is 6.47 Å². The van der Waals surface area contributed by atoms with Gasteiger partial charge in [0.2, 0.25) is 6.43 Å². The highest BCUT2D eigenvalue weighted by atomic mass is 19.3. The van der Waals surface area contributed by atoms with Gasteiger partial charge in [-0.15, -0.1) is 0 Å². The number of carbonyl (C=O) groups is 1. The van der Waals surface area contributed by atoms with Crippen LogP contribution in [0.5, 0.6) is 0 Å². The van der Waals surface area contributed by atoms with Crippen molar-refractivity contribution in [3.63, 3.8) is 0 Å². The molecule has 2 nitrogen and oxygen atoms in total. The van der Waals surface area contributed by atoms with E-state index in [0.29, 0.717) is 0 Å². The average Bonchev–Trinajstić information content (AvgIpc) is 1.66. The molecule has 0 atom stereocenters. The molecular weight excluding hydrogens is 118 g/mol. The number of alkyl halides is 2. The van der Waals surface area contributed by atoms with E-state index in [1.54, 1.807) is 0 Å². The molecule has 0 N–H and O–H groups in total. The molecular formula is C4H6F2O2. The number of hydrogen-bond donors (Lipinski definition) is 0. The van der Waals surface area contributed by atoms with Crippen molar-refractivity contribution in [2.24, 2.45) is 0 Å². The van der Waals surface area contributed by atoms with E-state index < -0.39 is 6.43 Å². The third-order valence-electron chi connectivity index (χ3n) is 0.522. The van der Waals surface area contributed by atoms with Crippen LogP contribution >= 0.6 is 0 Å². The Morgan fingerprint density at radius 1 is 1.62 bits per heavy atom. The first kappa shape index (κ1) is 7.33. The predicted octanol–water partition coefficient (Wildman–Crippen LogP) is 0.815. The van der Waals surface area contributed by atoms with Gasteiger partial charge < -0.3 is 4.74 Å². The summed E-state index contributed by atoms with van der Waals surface area (Å²) in [7, 11) is 0. The molecule has 0 saturated heterocycles. The minimum Gasteiger partial charge on any atom is -0.468 e. The SMILES string of the molecule is O=COCCC(F)F. The fourth-order valence-corrected chi connectivity index (χ4v) is 0.205. The van der Waals surface area contributed by atoms with Gasteiger partial charge in [-0.05, 0) is 0 Å². The van der Waals surface area contributed by atoms with Crippen LogP contribution in [0.25, 0.3) is 0 Å². The van der Waals surface area contributed by atoms with Gasteiger partial charge in [-0.2, -0.15) is 0 Å². The molecule has 0 aromatic carbocycles. The van der Waals surface area contributed by atoms with Crippen LogP contribution in [0, 0.1) is 0 Å². The molecule has 0 fully saturated rings. The second kappa shape index (κ2) is 4.49. The Balaban J connectivity index is 2.81. The molecule has 4 heteroatoms. The number of carbonyl (C=O) groups excluding carboxylic acids is 1.